The normalized spacial score (nSPS) is 11.9. The Labute approximate surface area is 184 Å². The molecule has 2 aromatic rings. The van der Waals surface area contributed by atoms with Crippen LogP contribution in [0.5, 0.6) is 0 Å². The van der Waals surface area contributed by atoms with Gasteiger partial charge < -0.3 is 9.84 Å². The quantitative estimate of drug-likeness (QED) is 0.506. The Balaban J connectivity index is 0.000000497. The zero-order chi connectivity index (χ0) is 23.1. The zero-order valence-corrected chi connectivity index (χ0v) is 19.2. The van der Waals surface area contributed by atoms with Crippen molar-refractivity contribution in [3.05, 3.63) is 70.2 Å². The van der Waals surface area contributed by atoms with Gasteiger partial charge in [-0.05, 0) is 67.5 Å². The summed E-state index contributed by atoms with van der Waals surface area (Å²) in [6.45, 7) is 7.81. The van der Waals surface area contributed by atoms with Crippen LogP contribution >= 0.6 is 11.6 Å². The van der Waals surface area contributed by atoms with Crippen LogP contribution in [0.15, 0.2) is 42.5 Å². The minimum atomic E-state index is -0.405. The molecular formula is C24H33ClF2O3. The third-order valence-corrected chi connectivity index (χ3v) is 4.90. The van der Waals surface area contributed by atoms with Crippen molar-refractivity contribution in [1.29, 1.82) is 0 Å². The summed E-state index contributed by atoms with van der Waals surface area (Å²) >= 11 is 5.61. The molecule has 30 heavy (non-hydrogen) atoms. The maximum atomic E-state index is 13.5. The van der Waals surface area contributed by atoms with Crippen molar-refractivity contribution >= 4 is 17.6 Å². The first kappa shape index (κ1) is 28.0. The highest BCUT2D eigenvalue weighted by Crippen LogP contribution is 2.29. The maximum absolute atomic E-state index is 13.5. The number of hydrogen-bond acceptors (Lipinski definition) is 3. The van der Waals surface area contributed by atoms with Crippen LogP contribution in [-0.4, -0.2) is 24.8 Å². The summed E-state index contributed by atoms with van der Waals surface area (Å²) in [6, 6.07) is 11.3. The number of esters is 1. The van der Waals surface area contributed by atoms with Crippen molar-refractivity contribution in [1.82, 2.24) is 0 Å². The van der Waals surface area contributed by atoms with Gasteiger partial charge in [0, 0.05) is 18.1 Å². The first-order valence-corrected chi connectivity index (χ1v) is 10.4. The van der Waals surface area contributed by atoms with E-state index in [0.717, 1.165) is 17.5 Å². The molecular weight excluding hydrogens is 410 g/mol. The molecule has 0 heterocycles. The number of halogens is 3. The lowest BCUT2D eigenvalue weighted by atomic mass is 9.86. The van der Waals surface area contributed by atoms with Gasteiger partial charge in [0.05, 0.1) is 7.11 Å². The standard InChI is InChI=1S/C13H18F2O.C7H7Cl.C4H8O2/c1-9(4-3-7-16)10(2)12-8-11(14)5-6-13(12)15;1-6-2-4-7(8)5-3-6;1-3-4(5)6-2/h5-6,8-10,16H,3-4,7H2,1-2H3;2-5H,1H3;3H2,1-2H3. The molecule has 0 aliphatic carbocycles. The molecule has 3 nitrogen and oxygen atoms in total. The van der Waals surface area contributed by atoms with Crippen LogP contribution in [0.4, 0.5) is 8.78 Å². The zero-order valence-electron chi connectivity index (χ0n) is 18.4. The number of benzene rings is 2. The fourth-order valence-electron chi connectivity index (χ4n) is 2.51. The number of carbonyl (C=O) groups is 1. The lowest BCUT2D eigenvalue weighted by Crippen LogP contribution is -2.09. The van der Waals surface area contributed by atoms with Crippen molar-refractivity contribution in [2.45, 2.75) is 52.9 Å². The van der Waals surface area contributed by atoms with Crippen LogP contribution in [0, 0.1) is 24.5 Å². The summed E-state index contributed by atoms with van der Waals surface area (Å²) < 4.78 is 30.8. The van der Waals surface area contributed by atoms with Gasteiger partial charge in [0.1, 0.15) is 11.6 Å². The van der Waals surface area contributed by atoms with E-state index in [0.29, 0.717) is 18.4 Å². The Hall–Kier alpha value is -1.98. The fourth-order valence-corrected chi connectivity index (χ4v) is 2.64. The van der Waals surface area contributed by atoms with Gasteiger partial charge in [0.25, 0.3) is 0 Å². The van der Waals surface area contributed by atoms with Gasteiger partial charge in [-0.2, -0.15) is 0 Å². The molecule has 1 N–H and O–H groups in total. The number of methoxy groups -OCH3 is 1. The Morgan fingerprint density at radius 3 is 2.17 bits per heavy atom. The largest absolute Gasteiger partial charge is 0.469 e. The number of rotatable bonds is 6. The highest BCUT2D eigenvalue weighted by atomic mass is 35.5. The van der Waals surface area contributed by atoms with Crippen molar-refractivity contribution < 1.29 is 23.4 Å². The number of aliphatic hydroxyl groups excluding tert-OH is 1. The minimum Gasteiger partial charge on any atom is -0.469 e. The first-order valence-electron chi connectivity index (χ1n) is 10.0. The predicted molar refractivity (Wildman–Crippen MR) is 119 cm³/mol. The third kappa shape index (κ3) is 11.9. The van der Waals surface area contributed by atoms with Crippen LogP contribution in [0.1, 0.15) is 57.1 Å². The SMILES string of the molecule is CC(CCCO)C(C)c1cc(F)ccc1F.CCC(=O)OC.Cc1ccc(Cl)cc1. The predicted octanol–water partition coefficient (Wildman–Crippen LogP) is 6.69. The smallest absolute Gasteiger partial charge is 0.305 e. The fraction of sp³-hybridized carbons (Fsp3) is 0.458. The van der Waals surface area contributed by atoms with Crippen LogP contribution in [-0.2, 0) is 9.53 Å². The summed E-state index contributed by atoms with van der Waals surface area (Å²) in [5, 5.41) is 9.53. The van der Waals surface area contributed by atoms with E-state index in [9.17, 15) is 13.6 Å². The molecule has 0 radical (unpaired) electrons. The van der Waals surface area contributed by atoms with E-state index in [1.54, 1.807) is 6.92 Å². The van der Waals surface area contributed by atoms with E-state index in [-0.39, 0.29) is 30.2 Å². The molecule has 0 aliphatic heterocycles. The molecule has 0 spiro atoms. The van der Waals surface area contributed by atoms with E-state index in [4.69, 9.17) is 16.7 Å². The summed E-state index contributed by atoms with van der Waals surface area (Å²) in [7, 11) is 1.38. The second kappa shape index (κ2) is 15.8. The third-order valence-electron chi connectivity index (χ3n) is 4.65. The van der Waals surface area contributed by atoms with E-state index in [2.05, 4.69) is 4.74 Å². The number of hydrogen-bond donors (Lipinski definition) is 1. The van der Waals surface area contributed by atoms with Gasteiger partial charge in [0.15, 0.2) is 0 Å². The average Bonchev–Trinajstić information content (AvgIpc) is 2.75. The first-order chi connectivity index (χ1) is 14.2. The van der Waals surface area contributed by atoms with Crippen LogP contribution < -0.4 is 0 Å². The van der Waals surface area contributed by atoms with E-state index in [1.807, 2.05) is 45.0 Å². The molecule has 6 heteroatoms. The topological polar surface area (TPSA) is 46.5 Å². The van der Waals surface area contributed by atoms with Gasteiger partial charge in [-0.15, -0.1) is 0 Å². The van der Waals surface area contributed by atoms with Gasteiger partial charge >= 0.3 is 5.97 Å². The molecule has 0 saturated carbocycles. The van der Waals surface area contributed by atoms with Gasteiger partial charge in [-0.25, -0.2) is 8.78 Å². The second-order valence-corrected chi connectivity index (χ2v) is 7.46. The van der Waals surface area contributed by atoms with Gasteiger partial charge in [-0.1, -0.05) is 50.1 Å². The number of carbonyl (C=O) groups excluding carboxylic acids is 1. The van der Waals surface area contributed by atoms with Crippen molar-refractivity contribution in [3.63, 3.8) is 0 Å². The molecule has 168 valence electrons. The van der Waals surface area contributed by atoms with E-state index in [1.165, 1.54) is 24.8 Å². The molecule has 0 aliphatic rings. The Morgan fingerprint density at radius 2 is 1.73 bits per heavy atom. The average molecular weight is 443 g/mol. The maximum Gasteiger partial charge on any atom is 0.305 e. The van der Waals surface area contributed by atoms with Crippen LogP contribution in [0.25, 0.3) is 0 Å². The van der Waals surface area contributed by atoms with Crippen molar-refractivity contribution in [3.8, 4) is 0 Å². The van der Waals surface area contributed by atoms with Crippen LogP contribution in [0.3, 0.4) is 0 Å². The molecule has 0 fully saturated rings. The summed E-state index contributed by atoms with van der Waals surface area (Å²) in [5.74, 6) is -0.733. The molecule has 0 aromatic heterocycles. The Bertz CT molecular complexity index is 709. The van der Waals surface area contributed by atoms with Gasteiger partial charge in [0.2, 0.25) is 0 Å². The molecule has 0 saturated heterocycles. The monoisotopic (exact) mass is 442 g/mol. The molecule has 2 aromatic carbocycles. The lowest BCUT2D eigenvalue weighted by Gasteiger charge is -2.20. The van der Waals surface area contributed by atoms with Crippen molar-refractivity contribution in [2.75, 3.05) is 13.7 Å². The highest BCUT2D eigenvalue weighted by Gasteiger charge is 2.18. The molecule has 2 atom stereocenters. The summed E-state index contributed by atoms with van der Waals surface area (Å²) in [4.78, 5) is 9.96. The van der Waals surface area contributed by atoms with E-state index >= 15 is 0 Å². The van der Waals surface area contributed by atoms with Crippen molar-refractivity contribution in [2.24, 2.45) is 5.92 Å². The molecule has 0 bridgehead atoms. The highest BCUT2D eigenvalue weighted by molar-refractivity contribution is 6.30. The number of ether oxygens (including phenoxy) is 1. The molecule has 0 amide bonds. The number of aryl methyl sites for hydroxylation is 1. The summed E-state index contributed by atoms with van der Waals surface area (Å²) in [5.41, 5.74) is 1.67. The minimum absolute atomic E-state index is 0.0396. The molecule has 2 rings (SSSR count). The van der Waals surface area contributed by atoms with Gasteiger partial charge in [-0.3, -0.25) is 4.79 Å². The molecule has 2 unspecified atom stereocenters. The van der Waals surface area contributed by atoms with Crippen LogP contribution in [0.2, 0.25) is 5.02 Å². The Kier molecular flexibility index (Phi) is 14.8. The van der Waals surface area contributed by atoms with E-state index < -0.39 is 5.82 Å². The number of aliphatic hydroxyl groups is 1. The lowest BCUT2D eigenvalue weighted by molar-refractivity contribution is -0.140. The Morgan fingerprint density at radius 1 is 1.13 bits per heavy atom. The summed E-state index contributed by atoms with van der Waals surface area (Å²) in [6.07, 6.45) is 1.98. The second-order valence-electron chi connectivity index (χ2n) is 7.02.